The molecule has 1 amide bonds. The quantitative estimate of drug-likeness (QED) is 0.790. The second-order valence-electron chi connectivity index (χ2n) is 5.05. The molecule has 5 heteroatoms. The van der Waals surface area contributed by atoms with Gasteiger partial charge in [-0.2, -0.15) is 0 Å². The Kier molecular flexibility index (Phi) is 4.91. The number of likely N-dealkylation sites (tertiary alicyclic amines) is 1. The molecule has 1 saturated heterocycles. The highest BCUT2D eigenvalue weighted by molar-refractivity contribution is 9.09. The van der Waals surface area contributed by atoms with Crippen LogP contribution in [0.3, 0.4) is 0 Å². The van der Waals surface area contributed by atoms with Gasteiger partial charge in [0.1, 0.15) is 11.5 Å². The Labute approximate surface area is 128 Å². The molecular formula is C15H20BrNO3. The van der Waals surface area contributed by atoms with Crippen LogP contribution in [0, 0.1) is 5.92 Å². The molecule has 0 spiro atoms. The fourth-order valence-corrected chi connectivity index (χ4v) is 3.62. The molecule has 4 nitrogen and oxygen atoms in total. The molecule has 0 N–H and O–H groups in total. The minimum Gasteiger partial charge on any atom is -0.497 e. The largest absolute Gasteiger partial charge is 0.497 e. The van der Waals surface area contributed by atoms with Gasteiger partial charge in [0.05, 0.1) is 19.8 Å². The molecule has 1 aliphatic rings. The highest BCUT2D eigenvalue weighted by atomic mass is 79.9. The van der Waals surface area contributed by atoms with E-state index in [9.17, 15) is 4.79 Å². The van der Waals surface area contributed by atoms with Crippen molar-refractivity contribution in [2.24, 2.45) is 5.92 Å². The normalized spacial score (nSPS) is 21.9. The van der Waals surface area contributed by atoms with Crippen LogP contribution in [0.25, 0.3) is 0 Å². The Morgan fingerprint density at radius 1 is 1.40 bits per heavy atom. The lowest BCUT2D eigenvalue weighted by Crippen LogP contribution is -2.38. The molecular weight excluding hydrogens is 322 g/mol. The van der Waals surface area contributed by atoms with E-state index < -0.39 is 0 Å². The summed E-state index contributed by atoms with van der Waals surface area (Å²) in [5, 5.41) is 0.798. The average Bonchev–Trinajstić information content (AvgIpc) is 2.86. The van der Waals surface area contributed by atoms with Gasteiger partial charge in [0.25, 0.3) is 5.91 Å². The first-order chi connectivity index (χ1) is 9.62. The zero-order chi connectivity index (χ0) is 14.7. The van der Waals surface area contributed by atoms with E-state index in [0.29, 0.717) is 23.0 Å². The molecule has 0 saturated carbocycles. The molecule has 20 heavy (non-hydrogen) atoms. The van der Waals surface area contributed by atoms with Crippen molar-refractivity contribution < 1.29 is 14.3 Å². The van der Waals surface area contributed by atoms with E-state index in [2.05, 4.69) is 22.9 Å². The molecule has 0 radical (unpaired) electrons. The van der Waals surface area contributed by atoms with E-state index in [1.165, 1.54) is 0 Å². The van der Waals surface area contributed by atoms with Crippen LogP contribution in [0.4, 0.5) is 0 Å². The lowest BCUT2D eigenvalue weighted by Gasteiger charge is -2.26. The van der Waals surface area contributed by atoms with Crippen molar-refractivity contribution in [2.75, 3.05) is 26.1 Å². The number of hydrogen-bond acceptors (Lipinski definition) is 3. The third kappa shape index (κ3) is 2.77. The highest BCUT2D eigenvalue weighted by Gasteiger charge is 2.35. The summed E-state index contributed by atoms with van der Waals surface area (Å²) in [6.45, 7) is 2.97. The molecule has 1 fully saturated rings. The van der Waals surface area contributed by atoms with Gasteiger partial charge < -0.3 is 14.4 Å². The second kappa shape index (κ2) is 6.48. The topological polar surface area (TPSA) is 38.8 Å². The van der Waals surface area contributed by atoms with Gasteiger partial charge in [0.2, 0.25) is 0 Å². The lowest BCUT2D eigenvalue weighted by molar-refractivity contribution is 0.0735. The zero-order valence-corrected chi connectivity index (χ0v) is 13.6. The van der Waals surface area contributed by atoms with Crippen molar-refractivity contribution in [1.29, 1.82) is 0 Å². The smallest absolute Gasteiger partial charge is 0.258 e. The summed E-state index contributed by atoms with van der Waals surface area (Å²) < 4.78 is 10.5. The SMILES string of the molecule is COc1ccc(OC)c(C(=O)N2CCC(C)C2CBr)c1. The fraction of sp³-hybridized carbons (Fsp3) is 0.533. The number of carbonyl (C=O) groups excluding carboxylic acids is 1. The molecule has 2 atom stereocenters. The van der Waals surface area contributed by atoms with Gasteiger partial charge in [-0.25, -0.2) is 0 Å². The molecule has 1 aromatic carbocycles. The van der Waals surface area contributed by atoms with Crippen LogP contribution in [-0.4, -0.2) is 42.9 Å². The summed E-state index contributed by atoms with van der Waals surface area (Å²) in [7, 11) is 3.17. The summed E-state index contributed by atoms with van der Waals surface area (Å²) >= 11 is 3.51. The Balaban J connectivity index is 2.32. The number of nitrogens with zero attached hydrogens (tertiary/aromatic N) is 1. The minimum atomic E-state index is 0.00884. The van der Waals surface area contributed by atoms with Gasteiger partial charge in [-0.1, -0.05) is 22.9 Å². The molecule has 1 aromatic rings. The summed E-state index contributed by atoms with van der Waals surface area (Å²) in [6.07, 6.45) is 1.04. The Morgan fingerprint density at radius 2 is 2.15 bits per heavy atom. The molecule has 0 bridgehead atoms. The van der Waals surface area contributed by atoms with Crippen LogP contribution >= 0.6 is 15.9 Å². The summed E-state index contributed by atoms with van der Waals surface area (Å²) in [5.74, 6) is 1.77. The molecule has 2 rings (SSSR count). The fourth-order valence-electron chi connectivity index (χ4n) is 2.63. The molecule has 110 valence electrons. The van der Waals surface area contributed by atoms with Crippen LogP contribution in [0.5, 0.6) is 11.5 Å². The Bertz CT molecular complexity index is 492. The van der Waals surface area contributed by atoms with Gasteiger partial charge in [-0.15, -0.1) is 0 Å². The number of alkyl halides is 1. The third-order valence-electron chi connectivity index (χ3n) is 3.94. The molecule has 0 aliphatic carbocycles. The van der Waals surface area contributed by atoms with Crippen LogP contribution in [-0.2, 0) is 0 Å². The summed E-state index contributed by atoms with van der Waals surface area (Å²) in [4.78, 5) is 14.7. The predicted molar refractivity (Wildman–Crippen MR) is 81.9 cm³/mol. The van der Waals surface area contributed by atoms with E-state index >= 15 is 0 Å². The number of ether oxygens (including phenoxy) is 2. The molecule has 1 heterocycles. The van der Waals surface area contributed by atoms with E-state index in [-0.39, 0.29) is 11.9 Å². The number of benzene rings is 1. The summed E-state index contributed by atoms with van der Waals surface area (Å²) in [6, 6.07) is 5.55. The van der Waals surface area contributed by atoms with Crippen LogP contribution in [0.2, 0.25) is 0 Å². The van der Waals surface area contributed by atoms with Gasteiger partial charge in [-0.05, 0) is 30.5 Å². The van der Waals surface area contributed by atoms with E-state index in [4.69, 9.17) is 9.47 Å². The zero-order valence-electron chi connectivity index (χ0n) is 12.1. The van der Waals surface area contributed by atoms with Crippen molar-refractivity contribution in [3.63, 3.8) is 0 Å². The van der Waals surface area contributed by atoms with Crippen LogP contribution in [0.15, 0.2) is 18.2 Å². The van der Waals surface area contributed by atoms with Gasteiger partial charge in [-0.3, -0.25) is 4.79 Å². The maximum atomic E-state index is 12.8. The number of methoxy groups -OCH3 is 2. The average molecular weight is 342 g/mol. The minimum absolute atomic E-state index is 0.00884. The maximum absolute atomic E-state index is 12.8. The molecule has 2 unspecified atom stereocenters. The Hall–Kier alpha value is -1.23. The van der Waals surface area contributed by atoms with Gasteiger partial charge >= 0.3 is 0 Å². The van der Waals surface area contributed by atoms with E-state index in [0.717, 1.165) is 18.3 Å². The van der Waals surface area contributed by atoms with E-state index in [1.54, 1.807) is 32.4 Å². The first kappa shape index (κ1) is 15.2. The number of amides is 1. The van der Waals surface area contributed by atoms with Crippen LogP contribution in [0.1, 0.15) is 23.7 Å². The van der Waals surface area contributed by atoms with Crippen molar-refractivity contribution in [2.45, 2.75) is 19.4 Å². The van der Waals surface area contributed by atoms with Gasteiger partial charge in [0.15, 0.2) is 0 Å². The number of hydrogen-bond donors (Lipinski definition) is 0. The number of carbonyl (C=O) groups is 1. The van der Waals surface area contributed by atoms with Gasteiger partial charge in [0, 0.05) is 17.9 Å². The maximum Gasteiger partial charge on any atom is 0.258 e. The van der Waals surface area contributed by atoms with Crippen molar-refractivity contribution in [3.05, 3.63) is 23.8 Å². The molecule has 1 aliphatic heterocycles. The summed E-state index contributed by atoms with van der Waals surface area (Å²) in [5.41, 5.74) is 0.562. The number of rotatable bonds is 4. The van der Waals surface area contributed by atoms with Crippen molar-refractivity contribution in [1.82, 2.24) is 4.90 Å². The third-order valence-corrected chi connectivity index (χ3v) is 4.60. The number of halogens is 1. The first-order valence-electron chi connectivity index (χ1n) is 6.71. The monoisotopic (exact) mass is 341 g/mol. The van der Waals surface area contributed by atoms with Crippen LogP contribution < -0.4 is 9.47 Å². The second-order valence-corrected chi connectivity index (χ2v) is 5.70. The lowest BCUT2D eigenvalue weighted by atomic mass is 10.0. The first-order valence-corrected chi connectivity index (χ1v) is 7.83. The standard InChI is InChI=1S/C15H20BrNO3/c1-10-6-7-17(13(10)9-16)15(18)12-8-11(19-2)4-5-14(12)20-3/h4-5,8,10,13H,6-7,9H2,1-3H3. The highest BCUT2D eigenvalue weighted by Crippen LogP contribution is 2.31. The predicted octanol–water partition coefficient (Wildman–Crippen LogP) is 2.95. The molecule has 0 aromatic heterocycles. The van der Waals surface area contributed by atoms with E-state index in [1.807, 2.05) is 4.90 Å². The Morgan fingerprint density at radius 3 is 2.75 bits per heavy atom. The van der Waals surface area contributed by atoms with Crippen molar-refractivity contribution in [3.8, 4) is 11.5 Å². The van der Waals surface area contributed by atoms with Crippen molar-refractivity contribution >= 4 is 21.8 Å².